The highest BCUT2D eigenvalue weighted by atomic mass is 19.1. The Morgan fingerprint density at radius 1 is 1.19 bits per heavy atom. The van der Waals surface area contributed by atoms with Gasteiger partial charge in [0.05, 0.1) is 11.0 Å². The van der Waals surface area contributed by atoms with E-state index in [0.29, 0.717) is 11.6 Å². The van der Waals surface area contributed by atoms with Gasteiger partial charge < -0.3 is 0 Å². The Morgan fingerprint density at radius 3 is 2.62 bits per heavy atom. The molecule has 104 valence electrons. The summed E-state index contributed by atoms with van der Waals surface area (Å²) in [6.45, 7) is 3.43. The molecule has 3 aromatic rings. The fourth-order valence-corrected chi connectivity index (χ4v) is 2.12. The molecule has 0 radical (unpaired) electrons. The van der Waals surface area contributed by atoms with E-state index in [1.54, 1.807) is 16.7 Å². The summed E-state index contributed by atoms with van der Waals surface area (Å²) >= 11 is 0. The molecule has 3 rings (SSSR count). The number of fused-ring (bicyclic) bond motifs is 1. The molecule has 1 amide bonds. The Hall–Kier alpha value is -2.95. The summed E-state index contributed by atoms with van der Waals surface area (Å²) in [6.07, 6.45) is 1.17. The molecule has 2 aromatic carbocycles. The van der Waals surface area contributed by atoms with Crippen LogP contribution < -0.4 is 5.32 Å². The molecule has 1 N–H and O–H groups in total. The number of amides is 1. The number of anilines is 1. The van der Waals surface area contributed by atoms with Crippen molar-refractivity contribution in [3.8, 4) is 5.69 Å². The van der Waals surface area contributed by atoms with Crippen LogP contribution in [-0.2, 0) is 4.79 Å². The van der Waals surface area contributed by atoms with E-state index >= 15 is 0 Å². The van der Waals surface area contributed by atoms with Crippen molar-refractivity contribution in [3.63, 3.8) is 0 Å². The van der Waals surface area contributed by atoms with Gasteiger partial charge in [0.15, 0.2) is 0 Å². The average molecular weight is 281 g/mol. The van der Waals surface area contributed by atoms with E-state index in [1.165, 1.54) is 18.2 Å². The highest BCUT2D eigenvalue weighted by Gasteiger charge is 2.13. The second kappa shape index (κ2) is 5.20. The fraction of sp³-hybridized carbons (Fsp3) is 0. The molecule has 0 fully saturated rings. The van der Waals surface area contributed by atoms with Crippen molar-refractivity contribution in [1.82, 2.24) is 9.55 Å². The molecule has 0 aliphatic heterocycles. The van der Waals surface area contributed by atoms with Gasteiger partial charge in [-0.3, -0.25) is 14.7 Å². The van der Waals surface area contributed by atoms with Crippen molar-refractivity contribution in [1.29, 1.82) is 0 Å². The van der Waals surface area contributed by atoms with Gasteiger partial charge in [-0.15, -0.1) is 0 Å². The van der Waals surface area contributed by atoms with E-state index in [4.69, 9.17) is 0 Å². The van der Waals surface area contributed by atoms with Crippen molar-refractivity contribution >= 4 is 22.9 Å². The van der Waals surface area contributed by atoms with Gasteiger partial charge in [0.2, 0.25) is 11.9 Å². The third-order valence-corrected chi connectivity index (χ3v) is 3.07. The Kier molecular flexibility index (Phi) is 3.23. The van der Waals surface area contributed by atoms with Gasteiger partial charge in [-0.05, 0) is 42.5 Å². The largest absolute Gasteiger partial charge is 0.292 e. The van der Waals surface area contributed by atoms with Crippen LogP contribution >= 0.6 is 0 Å². The molecule has 0 saturated carbocycles. The normalized spacial score (nSPS) is 10.5. The van der Waals surface area contributed by atoms with Crippen LogP contribution in [0.1, 0.15) is 0 Å². The van der Waals surface area contributed by atoms with E-state index < -0.39 is 0 Å². The van der Waals surface area contributed by atoms with Crippen LogP contribution in [0.25, 0.3) is 16.7 Å². The Balaban J connectivity index is 2.22. The van der Waals surface area contributed by atoms with Crippen molar-refractivity contribution < 1.29 is 9.18 Å². The quantitative estimate of drug-likeness (QED) is 0.749. The summed E-state index contributed by atoms with van der Waals surface area (Å²) < 4.78 is 14.9. The van der Waals surface area contributed by atoms with Gasteiger partial charge in [-0.1, -0.05) is 18.7 Å². The topological polar surface area (TPSA) is 46.9 Å². The second-order valence-corrected chi connectivity index (χ2v) is 4.43. The molecular weight excluding hydrogens is 269 g/mol. The molecule has 5 heteroatoms. The first-order valence-electron chi connectivity index (χ1n) is 6.36. The third kappa shape index (κ3) is 2.41. The number of nitrogens with one attached hydrogen (secondary N) is 1. The summed E-state index contributed by atoms with van der Waals surface area (Å²) in [5, 5.41) is 2.66. The first-order chi connectivity index (χ1) is 10.2. The van der Waals surface area contributed by atoms with Gasteiger partial charge in [0.1, 0.15) is 5.82 Å². The molecule has 0 unspecified atom stereocenters. The predicted octanol–water partition coefficient (Wildman–Crippen LogP) is 3.29. The van der Waals surface area contributed by atoms with Crippen LogP contribution in [0.15, 0.2) is 61.2 Å². The van der Waals surface area contributed by atoms with Gasteiger partial charge in [-0.2, -0.15) is 0 Å². The Morgan fingerprint density at radius 2 is 1.90 bits per heavy atom. The number of imidazole rings is 1. The Bertz CT molecular complexity index is 821. The van der Waals surface area contributed by atoms with Crippen LogP contribution in [-0.4, -0.2) is 15.5 Å². The highest BCUT2D eigenvalue weighted by Crippen LogP contribution is 2.24. The molecule has 0 atom stereocenters. The minimum atomic E-state index is -0.353. The lowest BCUT2D eigenvalue weighted by Crippen LogP contribution is -2.12. The number of carbonyl (C=O) groups is 1. The van der Waals surface area contributed by atoms with Crippen LogP contribution in [0.5, 0.6) is 0 Å². The number of aromatic nitrogens is 2. The SMILES string of the molecule is C=CC(=O)Nc1nc2ccccc2n1-c1ccc(F)cc1. The molecule has 0 spiro atoms. The lowest BCUT2D eigenvalue weighted by Gasteiger charge is -2.09. The number of hydrogen-bond donors (Lipinski definition) is 1. The van der Waals surface area contributed by atoms with Gasteiger partial charge >= 0.3 is 0 Å². The zero-order valence-corrected chi connectivity index (χ0v) is 11.1. The zero-order chi connectivity index (χ0) is 14.8. The standard InChI is InChI=1S/C16H12FN3O/c1-2-15(21)19-16-18-13-5-3-4-6-14(13)20(16)12-9-7-11(17)8-10-12/h2-10H,1H2,(H,18,19,21). The lowest BCUT2D eigenvalue weighted by atomic mass is 10.3. The Labute approximate surface area is 120 Å². The molecule has 0 aliphatic rings. The number of halogens is 1. The van der Waals surface area contributed by atoms with E-state index in [2.05, 4.69) is 16.9 Å². The molecule has 0 saturated heterocycles. The number of rotatable bonds is 3. The molecular formula is C16H12FN3O. The van der Waals surface area contributed by atoms with Crippen molar-refractivity contribution in [2.45, 2.75) is 0 Å². The number of nitrogens with zero attached hydrogens (tertiary/aromatic N) is 2. The average Bonchev–Trinajstić information content (AvgIpc) is 2.86. The van der Waals surface area contributed by atoms with E-state index in [9.17, 15) is 9.18 Å². The molecule has 0 bridgehead atoms. The summed E-state index contributed by atoms with van der Waals surface area (Å²) in [5.74, 6) is -0.304. The highest BCUT2D eigenvalue weighted by molar-refractivity contribution is 5.99. The van der Waals surface area contributed by atoms with Crippen LogP contribution in [0.2, 0.25) is 0 Å². The molecule has 21 heavy (non-hydrogen) atoms. The molecule has 1 aromatic heterocycles. The van der Waals surface area contributed by atoms with Crippen molar-refractivity contribution in [2.24, 2.45) is 0 Å². The van der Waals surface area contributed by atoms with Crippen LogP contribution in [0, 0.1) is 5.82 Å². The minimum Gasteiger partial charge on any atom is -0.292 e. The number of hydrogen-bond acceptors (Lipinski definition) is 2. The van der Waals surface area contributed by atoms with Crippen LogP contribution in [0.3, 0.4) is 0 Å². The smallest absolute Gasteiger partial charge is 0.250 e. The third-order valence-electron chi connectivity index (χ3n) is 3.07. The molecule has 4 nitrogen and oxygen atoms in total. The van der Waals surface area contributed by atoms with E-state index in [0.717, 1.165) is 11.0 Å². The summed E-state index contributed by atoms with van der Waals surface area (Å²) in [7, 11) is 0. The number of para-hydroxylation sites is 2. The maximum Gasteiger partial charge on any atom is 0.250 e. The zero-order valence-electron chi connectivity index (χ0n) is 11.1. The number of carbonyl (C=O) groups excluding carboxylic acids is 1. The fourth-order valence-electron chi connectivity index (χ4n) is 2.12. The first kappa shape index (κ1) is 13.1. The first-order valence-corrected chi connectivity index (χ1v) is 6.36. The van der Waals surface area contributed by atoms with Gasteiger partial charge in [-0.25, -0.2) is 9.37 Å². The maximum absolute atomic E-state index is 13.1. The van der Waals surface area contributed by atoms with E-state index in [-0.39, 0.29) is 11.7 Å². The van der Waals surface area contributed by atoms with E-state index in [1.807, 2.05) is 24.3 Å². The second-order valence-electron chi connectivity index (χ2n) is 4.43. The summed E-state index contributed by atoms with van der Waals surface area (Å²) in [4.78, 5) is 15.9. The van der Waals surface area contributed by atoms with Crippen molar-refractivity contribution in [3.05, 3.63) is 67.0 Å². The summed E-state index contributed by atoms with van der Waals surface area (Å²) in [5.41, 5.74) is 2.27. The number of benzene rings is 2. The van der Waals surface area contributed by atoms with Gasteiger partial charge in [0, 0.05) is 5.69 Å². The predicted molar refractivity (Wildman–Crippen MR) is 79.9 cm³/mol. The molecule has 0 aliphatic carbocycles. The van der Waals surface area contributed by atoms with Crippen LogP contribution in [0.4, 0.5) is 10.3 Å². The molecule has 1 heterocycles. The van der Waals surface area contributed by atoms with Gasteiger partial charge in [0.25, 0.3) is 0 Å². The maximum atomic E-state index is 13.1. The monoisotopic (exact) mass is 281 g/mol. The lowest BCUT2D eigenvalue weighted by molar-refractivity contribution is -0.111. The minimum absolute atomic E-state index is 0.320. The van der Waals surface area contributed by atoms with Crippen molar-refractivity contribution in [2.75, 3.05) is 5.32 Å². The summed E-state index contributed by atoms with van der Waals surface area (Å²) in [6, 6.07) is 13.5.